The highest BCUT2D eigenvalue weighted by Crippen LogP contribution is 2.39. The first-order chi connectivity index (χ1) is 13.7. The van der Waals surface area contributed by atoms with Crippen LogP contribution in [-0.4, -0.2) is 36.9 Å². The Bertz CT molecular complexity index is 1130. The summed E-state index contributed by atoms with van der Waals surface area (Å²) in [5.41, 5.74) is 3.72. The number of hydrogen-bond acceptors (Lipinski definition) is 9. The van der Waals surface area contributed by atoms with Gasteiger partial charge in [-0.05, 0) is 19.9 Å². The molecule has 4 aromatic rings. The summed E-state index contributed by atoms with van der Waals surface area (Å²) >= 11 is 1.62. The minimum absolute atomic E-state index is 0.554. The quantitative estimate of drug-likeness (QED) is 0.543. The maximum absolute atomic E-state index is 5.39. The number of nitrogens with one attached hydrogen (secondary N) is 2. The molecule has 0 unspecified atom stereocenters. The Morgan fingerprint density at radius 3 is 3.04 bits per heavy atom. The third kappa shape index (κ3) is 3.11. The van der Waals surface area contributed by atoms with E-state index in [0.29, 0.717) is 12.5 Å². The van der Waals surface area contributed by atoms with Crippen LogP contribution in [0.1, 0.15) is 22.0 Å². The van der Waals surface area contributed by atoms with Gasteiger partial charge < -0.3 is 14.7 Å². The topological polar surface area (TPSA) is 109 Å². The van der Waals surface area contributed by atoms with Crippen LogP contribution in [0, 0.1) is 13.8 Å². The van der Waals surface area contributed by atoms with Crippen LogP contribution in [0.15, 0.2) is 29.0 Å². The summed E-state index contributed by atoms with van der Waals surface area (Å²) in [5, 5.41) is 15.3. The average Bonchev–Trinajstić information content (AvgIpc) is 3.37. The largest absolute Gasteiger partial charge is 0.359 e. The van der Waals surface area contributed by atoms with Gasteiger partial charge in [0.05, 0.1) is 29.7 Å². The molecular formula is C18H18N8OS. The Hall–Kier alpha value is -3.27. The Morgan fingerprint density at radius 2 is 2.21 bits per heavy atom. The molecule has 5 heterocycles. The fraction of sp³-hybridized carbons (Fsp3) is 0.278. The predicted octanol–water partition coefficient (Wildman–Crippen LogP) is 3.23. The minimum atomic E-state index is 0.554. The SMILES string of the molecule is Cc1cc(CN2CCc3sc(Nc4nccc(C)n4)nc3-c3cn[nH]c32)on1. The van der Waals surface area contributed by atoms with Crippen LogP contribution < -0.4 is 10.2 Å². The fourth-order valence-corrected chi connectivity index (χ4v) is 4.23. The van der Waals surface area contributed by atoms with E-state index in [1.54, 1.807) is 17.5 Å². The van der Waals surface area contributed by atoms with Crippen molar-refractivity contribution in [3.63, 3.8) is 0 Å². The van der Waals surface area contributed by atoms with Crippen LogP contribution in [0.25, 0.3) is 11.3 Å². The van der Waals surface area contributed by atoms with Crippen molar-refractivity contribution in [2.45, 2.75) is 26.8 Å². The molecule has 2 N–H and O–H groups in total. The molecule has 5 rings (SSSR count). The summed E-state index contributed by atoms with van der Waals surface area (Å²) in [5.74, 6) is 2.32. The lowest BCUT2D eigenvalue weighted by molar-refractivity contribution is 0.377. The summed E-state index contributed by atoms with van der Waals surface area (Å²) in [6.45, 7) is 5.31. The third-order valence-corrected chi connectivity index (χ3v) is 5.56. The van der Waals surface area contributed by atoms with Gasteiger partial charge in [0.15, 0.2) is 10.9 Å². The van der Waals surface area contributed by atoms with Gasteiger partial charge in [0.2, 0.25) is 5.95 Å². The Balaban J connectivity index is 1.44. The average molecular weight is 394 g/mol. The number of anilines is 3. The van der Waals surface area contributed by atoms with Gasteiger partial charge >= 0.3 is 0 Å². The van der Waals surface area contributed by atoms with Gasteiger partial charge in [-0.15, -0.1) is 11.3 Å². The minimum Gasteiger partial charge on any atom is -0.359 e. The van der Waals surface area contributed by atoms with Crippen LogP contribution in [0.4, 0.5) is 16.9 Å². The monoisotopic (exact) mass is 394 g/mol. The molecule has 10 heteroatoms. The number of hydrogen-bond donors (Lipinski definition) is 2. The highest BCUT2D eigenvalue weighted by molar-refractivity contribution is 7.16. The highest BCUT2D eigenvalue weighted by atomic mass is 32.1. The van der Waals surface area contributed by atoms with Crippen molar-refractivity contribution in [3.05, 3.63) is 46.6 Å². The van der Waals surface area contributed by atoms with Gasteiger partial charge in [0.1, 0.15) is 5.82 Å². The number of H-pyrrole nitrogens is 1. The number of aryl methyl sites for hydroxylation is 2. The molecule has 1 aliphatic heterocycles. The van der Waals surface area contributed by atoms with Crippen LogP contribution in [0.3, 0.4) is 0 Å². The molecule has 9 nitrogen and oxygen atoms in total. The Morgan fingerprint density at radius 1 is 1.29 bits per heavy atom. The third-order valence-electron chi connectivity index (χ3n) is 4.53. The first-order valence-corrected chi connectivity index (χ1v) is 9.74. The summed E-state index contributed by atoms with van der Waals surface area (Å²) in [6.07, 6.45) is 4.43. The number of aromatic nitrogens is 6. The maximum atomic E-state index is 5.39. The Labute approximate surface area is 164 Å². The van der Waals surface area contributed by atoms with E-state index in [1.165, 1.54) is 4.88 Å². The van der Waals surface area contributed by atoms with E-state index in [9.17, 15) is 0 Å². The molecule has 4 aromatic heterocycles. The second-order valence-corrected chi connectivity index (χ2v) is 7.76. The Kier molecular flexibility index (Phi) is 4.05. The molecule has 0 radical (unpaired) electrons. The van der Waals surface area contributed by atoms with Crippen molar-refractivity contribution in [1.82, 2.24) is 30.3 Å². The van der Waals surface area contributed by atoms with E-state index in [-0.39, 0.29) is 0 Å². The number of nitrogens with zero attached hydrogens (tertiary/aromatic N) is 6. The summed E-state index contributed by atoms with van der Waals surface area (Å²) in [7, 11) is 0. The van der Waals surface area contributed by atoms with Gasteiger partial charge in [-0.3, -0.25) is 5.10 Å². The molecule has 0 fully saturated rings. The molecule has 0 atom stereocenters. The van der Waals surface area contributed by atoms with Crippen molar-refractivity contribution in [3.8, 4) is 11.3 Å². The second-order valence-electron chi connectivity index (χ2n) is 6.68. The molecule has 0 saturated carbocycles. The van der Waals surface area contributed by atoms with Crippen LogP contribution >= 0.6 is 11.3 Å². The van der Waals surface area contributed by atoms with Crippen LogP contribution in [-0.2, 0) is 13.0 Å². The van der Waals surface area contributed by atoms with Crippen molar-refractivity contribution in [2.24, 2.45) is 0 Å². The smallest absolute Gasteiger partial charge is 0.229 e. The van der Waals surface area contributed by atoms with Crippen molar-refractivity contribution < 1.29 is 4.52 Å². The molecule has 0 amide bonds. The van der Waals surface area contributed by atoms with E-state index >= 15 is 0 Å². The van der Waals surface area contributed by atoms with Crippen molar-refractivity contribution in [2.75, 3.05) is 16.8 Å². The molecule has 142 valence electrons. The summed E-state index contributed by atoms with van der Waals surface area (Å²) in [6, 6.07) is 3.82. The number of rotatable bonds is 4. The van der Waals surface area contributed by atoms with E-state index in [4.69, 9.17) is 9.51 Å². The lowest BCUT2D eigenvalue weighted by atomic mass is 10.2. The molecule has 0 aliphatic carbocycles. The van der Waals surface area contributed by atoms with Crippen LogP contribution in [0.5, 0.6) is 0 Å². The second kappa shape index (κ2) is 6.71. The molecule has 0 spiro atoms. The molecule has 0 bridgehead atoms. The zero-order chi connectivity index (χ0) is 19.1. The summed E-state index contributed by atoms with van der Waals surface area (Å²) < 4.78 is 5.39. The predicted molar refractivity (Wildman–Crippen MR) is 106 cm³/mol. The fourth-order valence-electron chi connectivity index (χ4n) is 3.27. The van der Waals surface area contributed by atoms with Crippen LogP contribution in [0.2, 0.25) is 0 Å². The van der Waals surface area contributed by atoms with Gasteiger partial charge in [-0.1, -0.05) is 5.16 Å². The van der Waals surface area contributed by atoms with Gasteiger partial charge in [-0.2, -0.15) is 5.10 Å². The molecule has 1 aliphatic rings. The van der Waals surface area contributed by atoms with Gasteiger partial charge in [0, 0.05) is 35.8 Å². The number of aromatic amines is 1. The summed E-state index contributed by atoms with van der Waals surface area (Å²) in [4.78, 5) is 16.9. The van der Waals surface area contributed by atoms with E-state index in [0.717, 1.165) is 52.3 Å². The maximum Gasteiger partial charge on any atom is 0.229 e. The van der Waals surface area contributed by atoms with Crippen molar-refractivity contribution >= 4 is 28.2 Å². The van der Waals surface area contributed by atoms with Crippen molar-refractivity contribution in [1.29, 1.82) is 0 Å². The standard InChI is InChI=1S/C18H18N8OS/c1-10-3-5-19-17(21-10)23-18-22-15-13-8-20-24-16(13)26(6-4-14(15)28-18)9-12-7-11(2)25-27-12/h3,5,7-8H,4,6,9H2,1-2H3,(H,20,24)(H,19,21,22,23). The molecule has 0 saturated heterocycles. The van der Waals surface area contributed by atoms with Gasteiger partial charge in [-0.25, -0.2) is 15.0 Å². The number of fused-ring (bicyclic) bond motifs is 3. The normalized spacial score (nSPS) is 13.1. The van der Waals surface area contributed by atoms with E-state index < -0.39 is 0 Å². The lowest BCUT2D eigenvalue weighted by Crippen LogP contribution is -2.24. The van der Waals surface area contributed by atoms with E-state index in [2.05, 4.69) is 35.5 Å². The zero-order valence-corrected chi connectivity index (χ0v) is 16.2. The first kappa shape index (κ1) is 16.9. The zero-order valence-electron chi connectivity index (χ0n) is 15.4. The first-order valence-electron chi connectivity index (χ1n) is 8.93. The highest BCUT2D eigenvalue weighted by Gasteiger charge is 2.26. The van der Waals surface area contributed by atoms with E-state index in [1.807, 2.05) is 32.2 Å². The van der Waals surface area contributed by atoms with Gasteiger partial charge in [0.25, 0.3) is 0 Å². The molecule has 0 aromatic carbocycles. The number of thiazole rings is 1. The lowest BCUT2D eigenvalue weighted by Gasteiger charge is -2.20. The molecular weight excluding hydrogens is 376 g/mol. The molecule has 28 heavy (non-hydrogen) atoms.